The molecule has 1 heterocycles. The molecule has 0 aliphatic heterocycles. The molecule has 32 heavy (non-hydrogen) atoms. The quantitative estimate of drug-likeness (QED) is 0.332. The minimum Gasteiger partial charge on any atom is -0.449 e. The van der Waals surface area contributed by atoms with E-state index in [2.05, 4.69) is 26.2 Å². The maximum absolute atomic E-state index is 14.1. The zero-order valence-electron chi connectivity index (χ0n) is 17.0. The van der Waals surface area contributed by atoms with E-state index in [1.165, 1.54) is 12.1 Å². The van der Waals surface area contributed by atoms with E-state index in [0.717, 1.165) is 0 Å². The Morgan fingerprint density at radius 1 is 1.12 bits per heavy atom. The van der Waals surface area contributed by atoms with Gasteiger partial charge in [0.15, 0.2) is 11.7 Å². The molecule has 0 spiro atoms. The molecule has 1 aromatic heterocycles. The van der Waals surface area contributed by atoms with Gasteiger partial charge in [-0.05, 0) is 48.9 Å². The van der Waals surface area contributed by atoms with E-state index >= 15 is 0 Å². The van der Waals surface area contributed by atoms with Crippen molar-refractivity contribution in [3.63, 3.8) is 0 Å². The summed E-state index contributed by atoms with van der Waals surface area (Å²) in [6.07, 6.45) is -0.900. The highest BCUT2D eigenvalue weighted by Crippen LogP contribution is 2.28. The minimum atomic E-state index is -1.11. The second-order valence-electron chi connectivity index (χ2n) is 6.95. The van der Waals surface area contributed by atoms with E-state index in [-0.39, 0.29) is 23.6 Å². The fourth-order valence-electron chi connectivity index (χ4n) is 3.15. The molecule has 0 saturated carbocycles. The van der Waals surface area contributed by atoms with Crippen molar-refractivity contribution < 1.29 is 23.1 Å². The Morgan fingerprint density at radius 3 is 2.62 bits per heavy atom. The molecule has 1 unspecified atom stereocenters. The third-order valence-electron chi connectivity index (χ3n) is 4.77. The van der Waals surface area contributed by atoms with Crippen LogP contribution in [0.3, 0.4) is 0 Å². The molecule has 4 rings (SSSR count). The molecule has 0 radical (unpaired) electrons. The Morgan fingerprint density at radius 2 is 1.88 bits per heavy atom. The van der Waals surface area contributed by atoms with Crippen LogP contribution in [0.1, 0.15) is 23.7 Å². The highest BCUT2D eigenvalue weighted by atomic mass is 79.9. The van der Waals surface area contributed by atoms with E-state index in [1.54, 1.807) is 43.3 Å². The average Bonchev–Trinajstić information content (AvgIpc) is 3.23. The first-order valence-corrected chi connectivity index (χ1v) is 10.7. The van der Waals surface area contributed by atoms with E-state index in [4.69, 9.17) is 9.15 Å². The third-order valence-corrected chi connectivity index (χ3v) is 5.27. The summed E-state index contributed by atoms with van der Waals surface area (Å²) in [5.74, 6) is -1.66. The van der Waals surface area contributed by atoms with Crippen molar-refractivity contribution in [2.24, 2.45) is 0 Å². The number of aromatic nitrogens is 1. The van der Waals surface area contributed by atoms with Gasteiger partial charge in [-0.15, -0.1) is 0 Å². The molecule has 162 valence electrons. The summed E-state index contributed by atoms with van der Waals surface area (Å²) in [4.78, 5) is 30.0. The van der Waals surface area contributed by atoms with Crippen molar-refractivity contribution in [1.29, 1.82) is 0 Å². The molecule has 0 aliphatic rings. The van der Waals surface area contributed by atoms with Crippen LogP contribution in [-0.2, 0) is 9.53 Å². The van der Waals surface area contributed by atoms with Crippen LogP contribution in [0.2, 0.25) is 0 Å². The lowest BCUT2D eigenvalue weighted by Gasteiger charge is -2.17. The smallest absolute Gasteiger partial charge is 0.339 e. The van der Waals surface area contributed by atoms with Gasteiger partial charge in [0.25, 0.3) is 5.91 Å². The summed E-state index contributed by atoms with van der Waals surface area (Å²) < 4.78 is 25.9. The standard InChI is InChI=1S/C24H18BrFN2O4/c1-2-20(22(29)27-18-12-11-14(25)13-17(18)26)32-24(30)16-8-4-3-7-15(16)23-28-19-9-5-6-10-21(19)31-23/h3-13,20H,2H2,1H3,(H,27,29). The van der Waals surface area contributed by atoms with Gasteiger partial charge >= 0.3 is 5.97 Å². The van der Waals surface area contributed by atoms with E-state index in [0.29, 0.717) is 21.1 Å². The number of hydrogen-bond donors (Lipinski definition) is 1. The number of fused-ring (bicyclic) bond motifs is 1. The first-order valence-electron chi connectivity index (χ1n) is 9.88. The topological polar surface area (TPSA) is 81.4 Å². The van der Waals surface area contributed by atoms with Gasteiger partial charge in [-0.2, -0.15) is 0 Å². The summed E-state index contributed by atoms with van der Waals surface area (Å²) in [6.45, 7) is 1.70. The van der Waals surface area contributed by atoms with Crippen molar-refractivity contribution in [3.8, 4) is 11.5 Å². The molecule has 6 nitrogen and oxygen atoms in total. The number of ether oxygens (including phenoxy) is 1. The number of oxazole rings is 1. The maximum Gasteiger partial charge on any atom is 0.339 e. The summed E-state index contributed by atoms with van der Waals surface area (Å²) in [5, 5.41) is 2.47. The number of anilines is 1. The second kappa shape index (κ2) is 9.32. The summed E-state index contributed by atoms with van der Waals surface area (Å²) in [6, 6.07) is 18.2. The van der Waals surface area contributed by atoms with Gasteiger partial charge < -0.3 is 14.5 Å². The van der Waals surface area contributed by atoms with Gasteiger partial charge in [0.05, 0.1) is 16.8 Å². The number of nitrogens with zero attached hydrogens (tertiary/aromatic N) is 1. The first kappa shape index (κ1) is 21.7. The molecule has 0 fully saturated rings. The van der Waals surface area contributed by atoms with Crippen LogP contribution >= 0.6 is 15.9 Å². The Balaban J connectivity index is 1.55. The molecular weight excluding hydrogens is 479 g/mol. The fourth-order valence-corrected chi connectivity index (χ4v) is 3.49. The predicted molar refractivity (Wildman–Crippen MR) is 122 cm³/mol. The molecule has 8 heteroatoms. The molecule has 3 aromatic carbocycles. The number of para-hydroxylation sites is 2. The lowest BCUT2D eigenvalue weighted by molar-refractivity contribution is -0.124. The van der Waals surface area contributed by atoms with Crippen molar-refractivity contribution in [3.05, 3.63) is 82.6 Å². The number of benzene rings is 3. The number of nitrogens with one attached hydrogen (secondary N) is 1. The third kappa shape index (κ3) is 4.55. The van der Waals surface area contributed by atoms with Gasteiger partial charge in [0, 0.05) is 4.47 Å². The number of carbonyl (C=O) groups is 2. The van der Waals surface area contributed by atoms with Crippen molar-refractivity contribution in [2.75, 3.05) is 5.32 Å². The molecule has 0 bridgehead atoms. The predicted octanol–water partition coefficient (Wildman–Crippen LogP) is 5.97. The van der Waals surface area contributed by atoms with Gasteiger partial charge in [0.2, 0.25) is 5.89 Å². The Hall–Kier alpha value is -3.52. The summed E-state index contributed by atoms with van der Waals surface area (Å²) >= 11 is 3.17. The number of carbonyl (C=O) groups excluding carboxylic acids is 2. The van der Waals surface area contributed by atoms with Gasteiger partial charge in [-0.25, -0.2) is 14.2 Å². The molecule has 1 N–H and O–H groups in total. The first-order chi connectivity index (χ1) is 15.5. The van der Waals surface area contributed by atoms with Crippen LogP contribution in [0, 0.1) is 5.82 Å². The molecule has 0 saturated heterocycles. The van der Waals surface area contributed by atoms with Crippen LogP contribution in [-0.4, -0.2) is 23.0 Å². The van der Waals surface area contributed by atoms with E-state index in [9.17, 15) is 14.0 Å². The highest BCUT2D eigenvalue weighted by molar-refractivity contribution is 9.10. The van der Waals surface area contributed by atoms with Gasteiger partial charge in [0.1, 0.15) is 11.3 Å². The summed E-state index contributed by atoms with van der Waals surface area (Å²) in [7, 11) is 0. The van der Waals surface area contributed by atoms with Crippen LogP contribution in [0.4, 0.5) is 10.1 Å². The van der Waals surface area contributed by atoms with Gasteiger partial charge in [-0.3, -0.25) is 4.79 Å². The largest absolute Gasteiger partial charge is 0.449 e. The van der Waals surface area contributed by atoms with E-state index in [1.807, 2.05) is 18.2 Å². The molecule has 4 aromatic rings. The normalized spacial score (nSPS) is 11.8. The number of hydrogen-bond acceptors (Lipinski definition) is 5. The zero-order chi connectivity index (χ0) is 22.7. The van der Waals surface area contributed by atoms with Crippen molar-refractivity contribution >= 4 is 44.6 Å². The van der Waals surface area contributed by atoms with Crippen molar-refractivity contribution in [1.82, 2.24) is 4.98 Å². The minimum absolute atomic E-state index is 0.000394. The second-order valence-corrected chi connectivity index (χ2v) is 7.86. The lowest BCUT2D eigenvalue weighted by Crippen LogP contribution is -2.32. The number of amides is 1. The van der Waals surface area contributed by atoms with Crippen molar-refractivity contribution in [2.45, 2.75) is 19.4 Å². The maximum atomic E-state index is 14.1. The highest BCUT2D eigenvalue weighted by Gasteiger charge is 2.25. The van der Waals surface area contributed by atoms with Gasteiger partial charge in [-0.1, -0.05) is 47.1 Å². The molecular formula is C24H18BrFN2O4. The Labute approximate surface area is 191 Å². The number of rotatable bonds is 6. The lowest BCUT2D eigenvalue weighted by atomic mass is 10.1. The number of halogens is 2. The van der Waals surface area contributed by atoms with Crippen LogP contribution in [0.25, 0.3) is 22.6 Å². The fraction of sp³-hybridized carbons (Fsp3) is 0.125. The zero-order valence-corrected chi connectivity index (χ0v) is 18.6. The van der Waals surface area contributed by atoms with Crippen LogP contribution in [0.15, 0.2) is 75.6 Å². The SMILES string of the molecule is CCC(OC(=O)c1ccccc1-c1nc2ccccc2o1)C(=O)Nc1ccc(Br)cc1F. The van der Waals surface area contributed by atoms with E-state index < -0.39 is 23.8 Å². The Bertz CT molecular complexity index is 1270. The molecule has 1 atom stereocenters. The average molecular weight is 497 g/mol. The molecule has 1 amide bonds. The van der Waals surface area contributed by atoms with Crippen LogP contribution < -0.4 is 5.32 Å². The summed E-state index contributed by atoms with van der Waals surface area (Å²) in [5.41, 5.74) is 1.91. The number of esters is 1. The Kier molecular flexibility index (Phi) is 6.32. The monoisotopic (exact) mass is 496 g/mol. The van der Waals surface area contributed by atoms with Crippen LogP contribution in [0.5, 0.6) is 0 Å². The molecule has 0 aliphatic carbocycles.